The van der Waals surface area contributed by atoms with Gasteiger partial charge >= 0.3 is 0 Å². The highest BCUT2D eigenvalue weighted by molar-refractivity contribution is 5.84. The van der Waals surface area contributed by atoms with E-state index < -0.39 is 0 Å². The highest BCUT2D eigenvalue weighted by Gasteiger charge is 2.26. The normalized spacial score (nSPS) is 22.7. The maximum Gasteiger partial charge on any atom is 0.189 e. The zero-order valence-electron chi connectivity index (χ0n) is 15.3. The van der Waals surface area contributed by atoms with Gasteiger partial charge in [-0.2, -0.15) is 0 Å². The van der Waals surface area contributed by atoms with E-state index in [4.69, 9.17) is 0 Å². The molecule has 0 bridgehead atoms. The fraction of sp³-hybridized carbons (Fsp3) is 0.550. The fourth-order valence-corrected chi connectivity index (χ4v) is 4.28. The summed E-state index contributed by atoms with van der Waals surface area (Å²) in [5, 5.41) is 4.29. The quantitative estimate of drug-likeness (QED) is 0.892. The third-order valence-electron chi connectivity index (χ3n) is 5.81. The molecule has 25 heavy (non-hydrogen) atoms. The minimum atomic E-state index is 0.139. The first kappa shape index (κ1) is 16.8. The van der Waals surface area contributed by atoms with Gasteiger partial charge in [0.1, 0.15) is 0 Å². The van der Waals surface area contributed by atoms with Gasteiger partial charge in [0, 0.05) is 62.5 Å². The van der Waals surface area contributed by atoms with Crippen LogP contribution in [0.4, 0.5) is 0 Å². The van der Waals surface area contributed by atoms with Crippen LogP contribution in [0, 0.1) is 13.8 Å². The number of nitrogens with zero attached hydrogens (tertiary/aromatic N) is 2. The lowest BCUT2D eigenvalue weighted by Gasteiger charge is -2.37. The summed E-state index contributed by atoms with van der Waals surface area (Å²) in [5.74, 6) is 0. The van der Waals surface area contributed by atoms with Crippen LogP contribution >= 0.6 is 0 Å². The van der Waals surface area contributed by atoms with Gasteiger partial charge in [-0.25, -0.2) is 0 Å². The molecular formula is C20H28N4O. The molecule has 3 heterocycles. The lowest BCUT2D eigenvalue weighted by atomic mass is 10.0. The SMILES string of the molecule is Cc1ccc(C)c2c(=O)cc(CN3CCN(C4CCNC4)CC3)[nH]c12. The maximum absolute atomic E-state index is 12.6. The van der Waals surface area contributed by atoms with Crippen molar-refractivity contribution in [3.8, 4) is 0 Å². The number of aromatic nitrogens is 1. The number of aromatic amines is 1. The largest absolute Gasteiger partial charge is 0.357 e. The summed E-state index contributed by atoms with van der Waals surface area (Å²) < 4.78 is 0. The van der Waals surface area contributed by atoms with Crippen LogP contribution in [0.1, 0.15) is 23.2 Å². The molecule has 5 nitrogen and oxygen atoms in total. The van der Waals surface area contributed by atoms with Crippen LogP contribution in [0.15, 0.2) is 23.0 Å². The van der Waals surface area contributed by atoms with E-state index in [-0.39, 0.29) is 5.43 Å². The molecule has 0 saturated carbocycles. The topological polar surface area (TPSA) is 51.4 Å². The number of piperazine rings is 1. The van der Waals surface area contributed by atoms with Crippen molar-refractivity contribution in [2.24, 2.45) is 0 Å². The van der Waals surface area contributed by atoms with Crippen LogP contribution < -0.4 is 10.7 Å². The van der Waals surface area contributed by atoms with Gasteiger partial charge in [0.15, 0.2) is 5.43 Å². The molecule has 1 aromatic carbocycles. The number of hydrogen-bond acceptors (Lipinski definition) is 4. The number of hydrogen-bond donors (Lipinski definition) is 2. The first-order valence-electron chi connectivity index (χ1n) is 9.41. The van der Waals surface area contributed by atoms with Gasteiger partial charge in [-0.15, -0.1) is 0 Å². The summed E-state index contributed by atoms with van der Waals surface area (Å²) in [6, 6.07) is 6.63. The molecule has 0 spiro atoms. The van der Waals surface area contributed by atoms with Crippen molar-refractivity contribution in [2.75, 3.05) is 39.3 Å². The molecule has 2 aliphatic rings. The van der Waals surface area contributed by atoms with Gasteiger partial charge in [-0.05, 0) is 37.9 Å². The van der Waals surface area contributed by atoms with Crippen molar-refractivity contribution >= 4 is 10.9 Å². The molecule has 0 amide bonds. The summed E-state index contributed by atoms with van der Waals surface area (Å²) >= 11 is 0. The van der Waals surface area contributed by atoms with E-state index in [9.17, 15) is 4.79 Å². The molecule has 1 unspecified atom stereocenters. The van der Waals surface area contributed by atoms with Gasteiger partial charge < -0.3 is 10.3 Å². The highest BCUT2D eigenvalue weighted by Crippen LogP contribution is 2.19. The van der Waals surface area contributed by atoms with Crippen LogP contribution in [-0.2, 0) is 6.54 Å². The summed E-state index contributed by atoms with van der Waals surface area (Å²) in [6.07, 6.45) is 1.27. The standard InChI is InChI=1S/C20H28N4O/c1-14-3-4-15(2)20-19(14)18(25)11-16(22-20)13-23-7-9-24(10-8-23)17-5-6-21-12-17/h3-4,11,17,21H,5-10,12-13H2,1-2H3,(H,22,25). The second kappa shape index (κ2) is 6.90. The number of rotatable bonds is 3. The average molecular weight is 340 g/mol. The molecule has 4 rings (SSSR count). The van der Waals surface area contributed by atoms with Crippen molar-refractivity contribution in [1.29, 1.82) is 0 Å². The second-order valence-corrected chi connectivity index (χ2v) is 7.57. The first-order valence-corrected chi connectivity index (χ1v) is 9.41. The van der Waals surface area contributed by atoms with E-state index in [0.717, 1.165) is 73.5 Å². The predicted octanol–water partition coefficient (Wildman–Crippen LogP) is 1.62. The van der Waals surface area contributed by atoms with E-state index >= 15 is 0 Å². The third-order valence-corrected chi connectivity index (χ3v) is 5.81. The molecule has 0 radical (unpaired) electrons. The zero-order valence-corrected chi connectivity index (χ0v) is 15.3. The monoisotopic (exact) mass is 340 g/mol. The Bertz CT molecular complexity index is 814. The Labute approximate surface area is 149 Å². The van der Waals surface area contributed by atoms with Gasteiger partial charge in [0.2, 0.25) is 0 Å². The Morgan fingerprint density at radius 2 is 1.88 bits per heavy atom. The Hall–Kier alpha value is -1.69. The Balaban J connectivity index is 1.48. The number of pyridine rings is 1. The van der Waals surface area contributed by atoms with Crippen LogP contribution in [0.2, 0.25) is 0 Å². The predicted molar refractivity (Wildman–Crippen MR) is 102 cm³/mol. The molecular weight excluding hydrogens is 312 g/mol. The van der Waals surface area contributed by atoms with E-state index in [1.165, 1.54) is 6.42 Å². The molecule has 1 atom stereocenters. The summed E-state index contributed by atoms with van der Waals surface area (Å²) in [6.45, 7) is 11.6. The highest BCUT2D eigenvalue weighted by atomic mass is 16.1. The summed E-state index contributed by atoms with van der Waals surface area (Å²) in [4.78, 5) is 21.2. The smallest absolute Gasteiger partial charge is 0.189 e. The molecule has 2 aromatic rings. The Kier molecular flexibility index (Phi) is 4.63. The molecule has 0 aliphatic carbocycles. The van der Waals surface area contributed by atoms with Crippen molar-refractivity contribution in [2.45, 2.75) is 32.9 Å². The molecule has 134 valence electrons. The van der Waals surface area contributed by atoms with Crippen LogP contribution in [-0.4, -0.2) is 60.1 Å². The lowest BCUT2D eigenvalue weighted by molar-refractivity contribution is 0.0974. The minimum absolute atomic E-state index is 0.139. The number of fused-ring (bicyclic) bond motifs is 1. The Morgan fingerprint density at radius 1 is 1.12 bits per heavy atom. The first-order chi connectivity index (χ1) is 12.1. The zero-order chi connectivity index (χ0) is 17.4. The molecule has 2 N–H and O–H groups in total. The summed E-state index contributed by atoms with van der Waals surface area (Å²) in [5.41, 5.74) is 4.35. The number of benzene rings is 1. The number of H-pyrrole nitrogens is 1. The van der Waals surface area contributed by atoms with Crippen molar-refractivity contribution in [1.82, 2.24) is 20.1 Å². The number of nitrogens with one attached hydrogen (secondary N) is 2. The van der Waals surface area contributed by atoms with E-state index in [1.807, 2.05) is 13.0 Å². The van der Waals surface area contributed by atoms with Crippen molar-refractivity contribution in [3.63, 3.8) is 0 Å². The van der Waals surface area contributed by atoms with E-state index in [1.54, 1.807) is 6.07 Å². The minimum Gasteiger partial charge on any atom is -0.357 e. The molecule has 2 saturated heterocycles. The fourth-order valence-electron chi connectivity index (χ4n) is 4.28. The molecule has 2 fully saturated rings. The summed E-state index contributed by atoms with van der Waals surface area (Å²) in [7, 11) is 0. The lowest BCUT2D eigenvalue weighted by Crippen LogP contribution is -2.50. The van der Waals surface area contributed by atoms with Gasteiger partial charge in [0.25, 0.3) is 0 Å². The van der Waals surface area contributed by atoms with E-state index in [2.05, 4.69) is 33.1 Å². The third kappa shape index (κ3) is 3.36. The molecule has 5 heteroatoms. The van der Waals surface area contributed by atoms with Gasteiger partial charge in [0.05, 0.1) is 5.52 Å². The van der Waals surface area contributed by atoms with Gasteiger partial charge in [-0.3, -0.25) is 14.6 Å². The van der Waals surface area contributed by atoms with Crippen LogP contribution in [0.5, 0.6) is 0 Å². The molecule has 2 aliphatic heterocycles. The Morgan fingerprint density at radius 3 is 2.60 bits per heavy atom. The van der Waals surface area contributed by atoms with Gasteiger partial charge in [-0.1, -0.05) is 12.1 Å². The molecule has 1 aromatic heterocycles. The second-order valence-electron chi connectivity index (χ2n) is 7.57. The average Bonchev–Trinajstić information content (AvgIpc) is 3.13. The number of aryl methyl sites for hydroxylation is 2. The van der Waals surface area contributed by atoms with Crippen LogP contribution in [0.25, 0.3) is 10.9 Å². The maximum atomic E-state index is 12.6. The van der Waals surface area contributed by atoms with Crippen molar-refractivity contribution < 1.29 is 0 Å². The van der Waals surface area contributed by atoms with E-state index in [0.29, 0.717) is 6.04 Å². The van der Waals surface area contributed by atoms with Crippen molar-refractivity contribution in [3.05, 3.63) is 45.2 Å². The van der Waals surface area contributed by atoms with Crippen LogP contribution in [0.3, 0.4) is 0 Å².